The second-order valence-corrected chi connectivity index (χ2v) is 7.90. The second-order valence-electron chi connectivity index (χ2n) is 7.90. The second kappa shape index (κ2) is 9.05. The van der Waals surface area contributed by atoms with Crippen LogP contribution >= 0.6 is 0 Å². The number of amides is 1. The van der Waals surface area contributed by atoms with E-state index in [-0.39, 0.29) is 18.3 Å². The van der Waals surface area contributed by atoms with Crippen molar-refractivity contribution in [2.45, 2.75) is 6.04 Å². The molecular weight excluding hydrogens is 410 g/mol. The number of aromatic hydroxyl groups is 1. The summed E-state index contributed by atoms with van der Waals surface area (Å²) in [7, 11) is 0. The Hall–Kier alpha value is -4.31. The third-order valence-electron chi connectivity index (χ3n) is 5.78. The van der Waals surface area contributed by atoms with Crippen molar-refractivity contribution >= 4 is 27.5 Å². The molecule has 0 bridgehead atoms. The molecule has 0 spiro atoms. The Morgan fingerprint density at radius 3 is 2.15 bits per heavy atom. The summed E-state index contributed by atoms with van der Waals surface area (Å²) in [5, 5.41) is 17.8. The Kier molecular flexibility index (Phi) is 5.64. The van der Waals surface area contributed by atoms with Gasteiger partial charge in [0.2, 0.25) is 0 Å². The maximum absolute atomic E-state index is 13.0. The summed E-state index contributed by atoms with van der Waals surface area (Å²) in [6, 6.07) is 34.2. The minimum Gasteiger partial charge on any atom is -0.508 e. The molecule has 4 heteroatoms. The van der Waals surface area contributed by atoms with Crippen LogP contribution in [0.3, 0.4) is 0 Å². The summed E-state index contributed by atoms with van der Waals surface area (Å²) in [5.41, 5.74) is 1.54. The molecule has 5 aromatic rings. The molecule has 5 aromatic carbocycles. The number of fused-ring (bicyclic) bond motifs is 2. The number of benzene rings is 5. The molecule has 2 N–H and O–H groups in total. The lowest BCUT2D eigenvalue weighted by atomic mass is 9.92. The molecule has 0 saturated heterocycles. The van der Waals surface area contributed by atoms with Gasteiger partial charge in [0, 0.05) is 10.9 Å². The van der Waals surface area contributed by atoms with Crippen LogP contribution in [0.1, 0.15) is 17.2 Å². The van der Waals surface area contributed by atoms with Gasteiger partial charge in [-0.2, -0.15) is 0 Å². The Bertz CT molecular complexity index is 1420. The van der Waals surface area contributed by atoms with Gasteiger partial charge in [-0.25, -0.2) is 0 Å². The Morgan fingerprint density at radius 1 is 0.727 bits per heavy atom. The first-order valence-electron chi connectivity index (χ1n) is 10.9. The third kappa shape index (κ3) is 4.23. The molecule has 0 fully saturated rings. The van der Waals surface area contributed by atoms with Gasteiger partial charge in [0.25, 0.3) is 5.91 Å². The van der Waals surface area contributed by atoms with Gasteiger partial charge in [-0.05, 0) is 33.9 Å². The smallest absolute Gasteiger partial charge is 0.258 e. The van der Waals surface area contributed by atoms with Gasteiger partial charge >= 0.3 is 0 Å². The molecule has 0 saturated carbocycles. The van der Waals surface area contributed by atoms with Crippen LogP contribution in [0, 0.1) is 0 Å². The third-order valence-corrected chi connectivity index (χ3v) is 5.78. The topological polar surface area (TPSA) is 58.6 Å². The van der Waals surface area contributed by atoms with Crippen molar-refractivity contribution in [2.75, 3.05) is 6.61 Å². The molecule has 33 heavy (non-hydrogen) atoms. The van der Waals surface area contributed by atoms with Gasteiger partial charge in [-0.1, -0.05) is 97.1 Å². The fourth-order valence-electron chi connectivity index (χ4n) is 4.22. The molecule has 1 unspecified atom stereocenters. The Labute approximate surface area is 192 Å². The highest BCUT2D eigenvalue weighted by molar-refractivity contribution is 5.90. The van der Waals surface area contributed by atoms with Crippen molar-refractivity contribution in [3.8, 4) is 11.5 Å². The lowest BCUT2D eigenvalue weighted by Crippen LogP contribution is -2.33. The zero-order valence-electron chi connectivity index (χ0n) is 17.9. The van der Waals surface area contributed by atoms with Gasteiger partial charge in [0.1, 0.15) is 11.5 Å². The molecule has 0 aliphatic carbocycles. The van der Waals surface area contributed by atoms with E-state index in [4.69, 9.17) is 4.74 Å². The molecule has 0 aromatic heterocycles. The van der Waals surface area contributed by atoms with Gasteiger partial charge in [-0.3, -0.25) is 4.79 Å². The Balaban J connectivity index is 1.45. The standard InChI is InChI=1S/C29H23NO3/c31-25-18-17-21-10-5-7-15-24(21)28(25)29(22-11-2-1-3-12-22)30-27(32)19-33-26-16-8-13-20-9-4-6-14-23(20)26/h1-18,29,31H,19H2,(H,30,32). The van der Waals surface area contributed by atoms with Crippen LogP contribution in [-0.4, -0.2) is 17.6 Å². The summed E-state index contributed by atoms with van der Waals surface area (Å²) in [6.45, 7) is -0.136. The quantitative estimate of drug-likeness (QED) is 0.346. The minimum absolute atomic E-state index is 0.136. The van der Waals surface area contributed by atoms with E-state index in [0.29, 0.717) is 11.3 Å². The fourth-order valence-corrected chi connectivity index (χ4v) is 4.22. The summed E-state index contributed by atoms with van der Waals surface area (Å²) in [4.78, 5) is 13.0. The van der Waals surface area contributed by atoms with Crippen molar-refractivity contribution in [1.82, 2.24) is 5.32 Å². The van der Waals surface area contributed by atoms with Crippen molar-refractivity contribution in [2.24, 2.45) is 0 Å². The van der Waals surface area contributed by atoms with Crippen LogP contribution in [0.5, 0.6) is 11.5 Å². The number of carbonyl (C=O) groups is 1. The molecule has 0 heterocycles. The van der Waals surface area contributed by atoms with Gasteiger partial charge in [0.15, 0.2) is 6.61 Å². The number of carbonyl (C=O) groups excluding carboxylic acids is 1. The van der Waals surface area contributed by atoms with E-state index in [2.05, 4.69) is 5.32 Å². The number of ether oxygens (including phenoxy) is 1. The van der Waals surface area contributed by atoms with Crippen molar-refractivity contribution in [3.05, 3.63) is 120 Å². The highest BCUT2D eigenvalue weighted by Crippen LogP contribution is 2.35. The number of hydrogen-bond acceptors (Lipinski definition) is 3. The van der Waals surface area contributed by atoms with E-state index in [0.717, 1.165) is 27.1 Å². The zero-order valence-corrected chi connectivity index (χ0v) is 17.9. The van der Waals surface area contributed by atoms with Crippen molar-refractivity contribution in [1.29, 1.82) is 0 Å². The number of nitrogens with one attached hydrogen (secondary N) is 1. The monoisotopic (exact) mass is 433 g/mol. The number of rotatable bonds is 6. The van der Waals surface area contributed by atoms with E-state index in [1.54, 1.807) is 6.07 Å². The van der Waals surface area contributed by atoms with Crippen LogP contribution in [0.2, 0.25) is 0 Å². The molecule has 0 radical (unpaired) electrons. The van der Waals surface area contributed by atoms with E-state index in [9.17, 15) is 9.90 Å². The van der Waals surface area contributed by atoms with Crippen LogP contribution in [-0.2, 0) is 4.79 Å². The van der Waals surface area contributed by atoms with Crippen LogP contribution in [0.4, 0.5) is 0 Å². The summed E-state index contributed by atoms with van der Waals surface area (Å²) in [5.74, 6) is 0.523. The van der Waals surface area contributed by atoms with Gasteiger partial charge < -0.3 is 15.2 Å². The first kappa shape index (κ1) is 20.6. The SMILES string of the molecule is O=C(COc1cccc2ccccc12)NC(c1ccccc1)c1c(O)ccc2ccccc12. The average Bonchev–Trinajstić information content (AvgIpc) is 2.87. The molecule has 4 nitrogen and oxygen atoms in total. The van der Waals surface area contributed by atoms with Gasteiger partial charge in [-0.15, -0.1) is 0 Å². The van der Waals surface area contributed by atoms with Crippen LogP contribution in [0.15, 0.2) is 109 Å². The molecular formula is C29H23NO3. The predicted octanol–water partition coefficient (Wildman–Crippen LogP) is 5.98. The first-order valence-corrected chi connectivity index (χ1v) is 10.9. The Morgan fingerprint density at radius 2 is 1.36 bits per heavy atom. The van der Waals surface area contributed by atoms with E-state index >= 15 is 0 Å². The largest absolute Gasteiger partial charge is 0.508 e. The molecule has 0 aliphatic rings. The maximum atomic E-state index is 13.0. The summed E-state index contributed by atoms with van der Waals surface area (Å²) < 4.78 is 5.90. The lowest BCUT2D eigenvalue weighted by Gasteiger charge is -2.23. The predicted molar refractivity (Wildman–Crippen MR) is 131 cm³/mol. The van der Waals surface area contributed by atoms with E-state index < -0.39 is 6.04 Å². The maximum Gasteiger partial charge on any atom is 0.258 e. The molecule has 162 valence electrons. The normalized spacial score (nSPS) is 11.9. The van der Waals surface area contributed by atoms with Gasteiger partial charge in [0.05, 0.1) is 6.04 Å². The number of phenols is 1. The van der Waals surface area contributed by atoms with E-state index in [1.807, 2.05) is 103 Å². The fraction of sp³-hybridized carbons (Fsp3) is 0.0690. The zero-order chi connectivity index (χ0) is 22.6. The number of phenolic OH excluding ortho intramolecular Hbond substituents is 1. The summed E-state index contributed by atoms with van der Waals surface area (Å²) in [6.07, 6.45) is 0. The van der Waals surface area contributed by atoms with Crippen molar-refractivity contribution in [3.63, 3.8) is 0 Å². The molecule has 1 atom stereocenters. The molecule has 0 aliphatic heterocycles. The highest BCUT2D eigenvalue weighted by atomic mass is 16.5. The number of hydrogen-bond donors (Lipinski definition) is 2. The highest BCUT2D eigenvalue weighted by Gasteiger charge is 2.22. The first-order chi connectivity index (χ1) is 16.2. The average molecular weight is 434 g/mol. The van der Waals surface area contributed by atoms with Crippen LogP contribution < -0.4 is 10.1 Å². The summed E-state index contributed by atoms with van der Waals surface area (Å²) >= 11 is 0. The van der Waals surface area contributed by atoms with Crippen LogP contribution in [0.25, 0.3) is 21.5 Å². The van der Waals surface area contributed by atoms with E-state index in [1.165, 1.54) is 0 Å². The minimum atomic E-state index is -0.527. The lowest BCUT2D eigenvalue weighted by molar-refractivity contribution is -0.123. The molecule has 1 amide bonds. The van der Waals surface area contributed by atoms with Crippen molar-refractivity contribution < 1.29 is 14.6 Å². The molecule has 5 rings (SSSR count).